The Kier molecular flexibility index (Phi) is 6.72. The molecule has 13 heteroatoms. The molecule has 40 heavy (non-hydrogen) atoms. The quantitative estimate of drug-likeness (QED) is 0.254. The number of H-pyrrole nitrogens is 1. The molecule has 3 N–H and O–H groups in total. The molecule has 1 atom stereocenters. The van der Waals surface area contributed by atoms with Gasteiger partial charge in [0.05, 0.1) is 24.1 Å². The maximum absolute atomic E-state index is 13.8. The van der Waals surface area contributed by atoms with Gasteiger partial charge < -0.3 is 19.3 Å². The van der Waals surface area contributed by atoms with Crippen molar-refractivity contribution < 1.29 is 9.32 Å². The number of imidazole rings is 1. The zero-order valence-corrected chi connectivity index (χ0v) is 22.7. The van der Waals surface area contributed by atoms with Gasteiger partial charge in [0, 0.05) is 38.3 Å². The van der Waals surface area contributed by atoms with Gasteiger partial charge >= 0.3 is 0 Å². The van der Waals surface area contributed by atoms with E-state index in [0.717, 1.165) is 59.6 Å². The first-order valence-electron chi connectivity index (χ1n) is 13.3. The number of aromatic nitrogens is 8. The van der Waals surface area contributed by atoms with Crippen LogP contribution in [0, 0.1) is 6.92 Å². The van der Waals surface area contributed by atoms with Crippen LogP contribution in [-0.2, 0) is 30.5 Å². The van der Waals surface area contributed by atoms with Crippen LogP contribution in [0.3, 0.4) is 0 Å². The number of carbonyl (C=O) groups excluding carboxylic acids is 1. The molecule has 1 aliphatic rings. The first-order chi connectivity index (χ1) is 19.4. The van der Waals surface area contributed by atoms with Gasteiger partial charge in [0.2, 0.25) is 17.6 Å². The Bertz CT molecular complexity index is 1620. The second-order valence-corrected chi connectivity index (χ2v) is 10.2. The van der Waals surface area contributed by atoms with Gasteiger partial charge in [-0.15, -0.1) is 5.10 Å². The van der Waals surface area contributed by atoms with Crippen molar-refractivity contribution in [1.82, 2.24) is 50.5 Å². The van der Waals surface area contributed by atoms with Crippen molar-refractivity contribution >= 4 is 22.6 Å². The summed E-state index contributed by atoms with van der Waals surface area (Å²) >= 11 is 0. The Hall–Kier alpha value is -4.65. The zero-order chi connectivity index (χ0) is 27.7. The number of nitrogens with zero attached hydrogens (tertiary/aromatic N) is 8. The number of carbonyl (C=O) groups is 1. The fourth-order valence-electron chi connectivity index (χ4n) is 5.11. The number of benzene rings is 2. The van der Waals surface area contributed by atoms with Gasteiger partial charge in [-0.25, -0.2) is 10.1 Å². The molecule has 1 unspecified atom stereocenters. The van der Waals surface area contributed by atoms with Crippen LogP contribution in [0.25, 0.3) is 22.4 Å². The number of likely N-dealkylation sites (tertiary alicyclic amines) is 1. The van der Waals surface area contributed by atoms with E-state index in [1.807, 2.05) is 61.3 Å². The number of amides is 1. The second kappa shape index (κ2) is 10.5. The molecule has 3 aromatic heterocycles. The number of aromatic amines is 1. The highest BCUT2D eigenvalue weighted by Gasteiger charge is 2.39. The van der Waals surface area contributed by atoms with Crippen molar-refractivity contribution in [3.8, 4) is 11.4 Å². The minimum absolute atomic E-state index is 0.0362. The summed E-state index contributed by atoms with van der Waals surface area (Å²) in [5.41, 5.74) is 3.51. The number of anilines is 1. The molecule has 1 saturated heterocycles. The molecule has 6 rings (SSSR count). The Morgan fingerprint density at radius 1 is 1.10 bits per heavy atom. The number of tetrazole rings is 1. The lowest BCUT2D eigenvalue weighted by Gasteiger charge is -2.34. The van der Waals surface area contributed by atoms with Crippen LogP contribution in [0.15, 0.2) is 47.0 Å². The summed E-state index contributed by atoms with van der Waals surface area (Å²) in [5.74, 6) is 2.57. The SMILES string of the molecule is Cc1nc(-c2ccc(NCc3nc4cc(C(C)(NCc5nnn[nH]5)C(=O)N5CCCC5)ccc4n3C)cc2)no1. The van der Waals surface area contributed by atoms with Gasteiger partial charge in [-0.2, -0.15) is 4.98 Å². The van der Waals surface area contributed by atoms with E-state index in [9.17, 15) is 4.79 Å². The standard InChI is InChI=1S/C27H31N11O2/c1-17-30-25(34-40-17)18-6-9-20(10-7-18)28-16-24-31-21-14-19(8-11-22(21)37(24)3)27(2,26(39)38-12-4-5-13-38)29-15-23-32-35-36-33-23/h6-11,14,28-29H,4-5,12-13,15-16H2,1-3H3,(H,32,33,35,36). The van der Waals surface area contributed by atoms with E-state index in [-0.39, 0.29) is 5.91 Å². The second-order valence-electron chi connectivity index (χ2n) is 10.2. The molecule has 2 aromatic carbocycles. The summed E-state index contributed by atoms with van der Waals surface area (Å²) in [6.45, 7) is 6.06. The summed E-state index contributed by atoms with van der Waals surface area (Å²) in [5, 5.41) is 24.8. The van der Waals surface area contributed by atoms with Crippen LogP contribution in [-0.4, -0.2) is 64.2 Å². The van der Waals surface area contributed by atoms with E-state index in [1.165, 1.54) is 0 Å². The third kappa shape index (κ3) is 4.91. The number of nitrogens with one attached hydrogen (secondary N) is 3. The normalized spacial score (nSPS) is 15.0. The summed E-state index contributed by atoms with van der Waals surface area (Å²) < 4.78 is 7.14. The maximum atomic E-state index is 13.8. The molecule has 0 spiro atoms. The van der Waals surface area contributed by atoms with Crippen molar-refractivity contribution in [3.63, 3.8) is 0 Å². The van der Waals surface area contributed by atoms with Crippen molar-refractivity contribution in [1.29, 1.82) is 0 Å². The lowest BCUT2D eigenvalue weighted by molar-refractivity contribution is -0.137. The monoisotopic (exact) mass is 541 g/mol. The number of rotatable bonds is 9. The molecular formula is C27H31N11O2. The number of fused-ring (bicyclic) bond motifs is 1. The Morgan fingerprint density at radius 3 is 2.60 bits per heavy atom. The average molecular weight is 542 g/mol. The fraction of sp³-hybridized carbons (Fsp3) is 0.370. The third-order valence-electron chi connectivity index (χ3n) is 7.49. The number of hydrogen-bond acceptors (Lipinski definition) is 10. The molecule has 0 bridgehead atoms. The molecule has 13 nitrogen and oxygen atoms in total. The van der Waals surface area contributed by atoms with Gasteiger partial charge in [-0.1, -0.05) is 11.2 Å². The van der Waals surface area contributed by atoms with E-state index in [0.29, 0.717) is 30.6 Å². The Balaban J connectivity index is 1.23. The first-order valence-corrected chi connectivity index (χ1v) is 13.3. The molecule has 1 amide bonds. The Labute approximate surface area is 230 Å². The summed E-state index contributed by atoms with van der Waals surface area (Å²) in [6, 6.07) is 13.9. The lowest BCUT2D eigenvalue weighted by atomic mass is 9.89. The highest BCUT2D eigenvalue weighted by atomic mass is 16.5. The largest absolute Gasteiger partial charge is 0.378 e. The molecule has 0 aliphatic carbocycles. The lowest BCUT2D eigenvalue weighted by Crippen LogP contribution is -2.53. The Morgan fingerprint density at radius 2 is 1.90 bits per heavy atom. The van der Waals surface area contributed by atoms with Gasteiger partial charge in [-0.05, 0) is 72.2 Å². The van der Waals surface area contributed by atoms with Crippen molar-refractivity contribution in [2.75, 3.05) is 18.4 Å². The van der Waals surface area contributed by atoms with E-state index in [1.54, 1.807) is 6.92 Å². The fourth-order valence-corrected chi connectivity index (χ4v) is 5.11. The molecule has 0 radical (unpaired) electrons. The third-order valence-corrected chi connectivity index (χ3v) is 7.49. The molecule has 0 saturated carbocycles. The molecule has 1 aliphatic heterocycles. The summed E-state index contributed by atoms with van der Waals surface area (Å²) in [6.07, 6.45) is 2.03. The highest BCUT2D eigenvalue weighted by Crippen LogP contribution is 2.29. The van der Waals surface area contributed by atoms with Gasteiger partial charge in [-0.3, -0.25) is 10.1 Å². The van der Waals surface area contributed by atoms with Crippen LogP contribution in [0.4, 0.5) is 5.69 Å². The molecule has 5 aromatic rings. The van der Waals surface area contributed by atoms with E-state index in [4.69, 9.17) is 9.51 Å². The molecule has 206 valence electrons. The van der Waals surface area contributed by atoms with Crippen LogP contribution >= 0.6 is 0 Å². The topological polar surface area (TPSA) is 156 Å². The van der Waals surface area contributed by atoms with Crippen molar-refractivity contribution in [2.45, 2.75) is 45.3 Å². The molecule has 1 fully saturated rings. The van der Waals surface area contributed by atoms with Crippen LogP contribution in [0.5, 0.6) is 0 Å². The summed E-state index contributed by atoms with van der Waals surface area (Å²) in [7, 11) is 2.00. The van der Waals surface area contributed by atoms with Crippen molar-refractivity contribution in [3.05, 3.63) is 65.6 Å². The van der Waals surface area contributed by atoms with Crippen LogP contribution < -0.4 is 10.6 Å². The first kappa shape index (κ1) is 25.6. The molecular weight excluding hydrogens is 510 g/mol. The smallest absolute Gasteiger partial charge is 0.247 e. The molecule has 4 heterocycles. The van der Waals surface area contributed by atoms with Gasteiger partial charge in [0.1, 0.15) is 11.4 Å². The number of aryl methyl sites for hydroxylation is 2. The predicted molar refractivity (Wildman–Crippen MR) is 147 cm³/mol. The summed E-state index contributed by atoms with van der Waals surface area (Å²) in [4.78, 5) is 24.9. The van der Waals surface area contributed by atoms with Crippen LogP contribution in [0.1, 0.15) is 42.9 Å². The predicted octanol–water partition coefficient (Wildman–Crippen LogP) is 2.68. The van der Waals surface area contributed by atoms with E-state index >= 15 is 0 Å². The maximum Gasteiger partial charge on any atom is 0.247 e. The van der Waals surface area contributed by atoms with Gasteiger partial charge in [0.25, 0.3) is 0 Å². The van der Waals surface area contributed by atoms with E-state index in [2.05, 4.69) is 46.0 Å². The van der Waals surface area contributed by atoms with Crippen molar-refractivity contribution in [2.24, 2.45) is 7.05 Å². The zero-order valence-electron chi connectivity index (χ0n) is 22.7. The van der Waals surface area contributed by atoms with Crippen LogP contribution in [0.2, 0.25) is 0 Å². The van der Waals surface area contributed by atoms with E-state index < -0.39 is 5.54 Å². The number of hydrogen-bond donors (Lipinski definition) is 3. The minimum Gasteiger partial charge on any atom is -0.378 e. The average Bonchev–Trinajstić information content (AvgIpc) is 3.79. The minimum atomic E-state index is -0.972. The van der Waals surface area contributed by atoms with Gasteiger partial charge in [0.15, 0.2) is 5.82 Å². The highest BCUT2D eigenvalue weighted by molar-refractivity contribution is 5.89.